The molecular weight excluding hydrogens is 378 g/mol. The van der Waals surface area contributed by atoms with Crippen molar-refractivity contribution in [2.75, 3.05) is 6.54 Å². The first kappa shape index (κ1) is 17.0. The number of benzene rings is 2. The lowest BCUT2D eigenvalue weighted by Gasteiger charge is -2.40. The second-order valence-electron chi connectivity index (χ2n) is 7.80. The van der Waals surface area contributed by atoms with E-state index in [-0.39, 0.29) is 18.4 Å². The summed E-state index contributed by atoms with van der Waals surface area (Å²) in [6.45, 7) is 0.392. The smallest absolute Gasteiger partial charge is 0.266 e. The largest absolute Gasteiger partial charge is 0.361 e. The molecule has 7 heteroatoms. The van der Waals surface area contributed by atoms with Crippen molar-refractivity contribution >= 4 is 39.8 Å². The molecule has 4 heterocycles. The van der Waals surface area contributed by atoms with Crippen molar-refractivity contribution in [1.29, 1.82) is 0 Å². The first-order chi connectivity index (χ1) is 14.7. The minimum absolute atomic E-state index is 0.0379. The number of para-hydroxylation sites is 2. The van der Waals surface area contributed by atoms with Gasteiger partial charge < -0.3 is 14.9 Å². The van der Waals surface area contributed by atoms with Crippen LogP contribution in [0.2, 0.25) is 0 Å². The zero-order valence-corrected chi connectivity index (χ0v) is 16.1. The lowest BCUT2D eigenvalue weighted by atomic mass is 9.94. The summed E-state index contributed by atoms with van der Waals surface area (Å²) >= 11 is 0. The number of hydrazone groups is 1. The Morgan fingerprint density at radius 3 is 2.60 bits per heavy atom. The van der Waals surface area contributed by atoms with Gasteiger partial charge in [-0.05, 0) is 17.7 Å². The van der Waals surface area contributed by atoms with Crippen LogP contribution in [-0.4, -0.2) is 50.5 Å². The van der Waals surface area contributed by atoms with Gasteiger partial charge in [0.25, 0.3) is 5.91 Å². The Balaban J connectivity index is 1.32. The van der Waals surface area contributed by atoms with E-state index in [1.165, 1.54) is 5.01 Å². The summed E-state index contributed by atoms with van der Waals surface area (Å²) in [5, 5.41) is 7.84. The molecule has 0 unspecified atom stereocenters. The van der Waals surface area contributed by atoms with Gasteiger partial charge in [0.2, 0.25) is 5.91 Å². The highest BCUT2D eigenvalue weighted by Gasteiger charge is 2.43. The monoisotopic (exact) mass is 397 g/mol. The quantitative estimate of drug-likeness (QED) is 0.510. The first-order valence-electron chi connectivity index (χ1n) is 9.98. The molecule has 7 nitrogen and oxygen atoms in total. The number of carbonyl (C=O) groups is 2. The predicted octanol–water partition coefficient (Wildman–Crippen LogP) is 2.78. The standard InChI is InChI=1S/C23H19N5O2/c29-22-13-28(25-11-14-10-24-18-7-3-1-5-15(14)18)23(30)21-9-17-16-6-2-4-8-19(16)26-20(17)12-27(21)22/h1-8,10-11,21,24,26H,9,12-13H2/b25-11+/t21-/m1/s1. The van der Waals surface area contributed by atoms with Crippen LogP contribution in [0.5, 0.6) is 0 Å². The molecule has 2 amide bonds. The molecule has 2 aliphatic heterocycles. The Morgan fingerprint density at radius 2 is 1.73 bits per heavy atom. The van der Waals surface area contributed by atoms with E-state index in [0.29, 0.717) is 13.0 Å². The molecule has 0 radical (unpaired) electrons. The fourth-order valence-corrected chi connectivity index (χ4v) is 4.59. The van der Waals surface area contributed by atoms with Crippen molar-refractivity contribution in [3.05, 3.63) is 71.5 Å². The van der Waals surface area contributed by atoms with Crippen LogP contribution in [0.4, 0.5) is 0 Å². The van der Waals surface area contributed by atoms with Crippen molar-refractivity contribution < 1.29 is 9.59 Å². The fraction of sp³-hybridized carbons (Fsp3) is 0.174. The van der Waals surface area contributed by atoms with E-state index in [0.717, 1.165) is 38.6 Å². The van der Waals surface area contributed by atoms with Gasteiger partial charge in [-0.15, -0.1) is 0 Å². The second kappa shape index (κ2) is 6.32. The number of carbonyl (C=O) groups excluding carboxylic acids is 2. The van der Waals surface area contributed by atoms with Gasteiger partial charge in [0, 0.05) is 45.7 Å². The number of hydrogen-bond donors (Lipinski definition) is 2. The van der Waals surface area contributed by atoms with Gasteiger partial charge in [-0.25, -0.2) is 5.01 Å². The maximum Gasteiger partial charge on any atom is 0.266 e. The lowest BCUT2D eigenvalue weighted by molar-refractivity contribution is -0.157. The average molecular weight is 397 g/mol. The molecule has 0 spiro atoms. The third-order valence-electron chi connectivity index (χ3n) is 6.11. The number of nitrogens with zero attached hydrogens (tertiary/aromatic N) is 3. The molecule has 2 N–H and O–H groups in total. The van der Waals surface area contributed by atoms with E-state index < -0.39 is 6.04 Å². The number of rotatable bonds is 2. The van der Waals surface area contributed by atoms with E-state index in [2.05, 4.69) is 21.1 Å². The summed E-state index contributed by atoms with van der Waals surface area (Å²) in [5.41, 5.74) is 5.07. The molecule has 0 saturated carbocycles. The summed E-state index contributed by atoms with van der Waals surface area (Å²) in [6, 6.07) is 15.4. The molecule has 1 atom stereocenters. The van der Waals surface area contributed by atoms with Gasteiger partial charge in [0.1, 0.15) is 12.6 Å². The van der Waals surface area contributed by atoms with Crippen LogP contribution in [0.25, 0.3) is 21.8 Å². The normalized spacial score (nSPS) is 19.1. The summed E-state index contributed by atoms with van der Waals surface area (Å²) in [6.07, 6.45) is 4.01. The average Bonchev–Trinajstić information content (AvgIpc) is 3.35. The van der Waals surface area contributed by atoms with Crippen LogP contribution < -0.4 is 0 Å². The molecule has 2 aromatic carbocycles. The third-order valence-corrected chi connectivity index (χ3v) is 6.11. The molecular formula is C23H19N5O2. The molecule has 30 heavy (non-hydrogen) atoms. The third kappa shape index (κ3) is 2.48. The van der Waals surface area contributed by atoms with E-state index in [9.17, 15) is 9.59 Å². The minimum Gasteiger partial charge on any atom is -0.361 e. The Hall–Kier alpha value is -3.87. The minimum atomic E-state index is -0.516. The number of fused-ring (bicyclic) bond motifs is 5. The molecule has 4 aromatic rings. The SMILES string of the molecule is O=C1[C@H]2Cc3c([nH]c4ccccc34)CN2C(=O)CN1/N=C/c1c[nH]c2ccccc12. The van der Waals surface area contributed by atoms with Crippen molar-refractivity contribution in [1.82, 2.24) is 19.9 Å². The van der Waals surface area contributed by atoms with Crippen molar-refractivity contribution in [3.63, 3.8) is 0 Å². The Labute approximate surface area is 172 Å². The number of aromatic amines is 2. The van der Waals surface area contributed by atoms with Crippen LogP contribution in [0.1, 0.15) is 16.8 Å². The van der Waals surface area contributed by atoms with Gasteiger partial charge in [-0.2, -0.15) is 5.10 Å². The number of H-pyrrole nitrogens is 2. The molecule has 148 valence electrons. The second-order valence-corrected chi connectivity index (χ2v) is 7.80. The maximum absolute atomic E-state index is 13.2. The lowest BCUT2D eigenvalue weighted by Crippen LogP contribution is -2.60. The highest BCUT2D eigenvalue weighted by Crippen LogP contribution is 2.32. The molecule has 2 aliphatic rings. The van der Waals surface area contributed by atoms with Gasteiger partial charge >= 0.3 is 0 Å². The van der Waals surface area contributed by atoms with Crippen molar-refractivity contribution in [2.24, 2.45) is 5.10 Å². The van der Waals surface area contributed by atoms with E-state index >= 15 is 0 Å². The highest BCUT2D eigenvalue weighted by atomic mass is 16.2. The maximum atomic E-state index is 13.2. The molecule has 6 rings (SSSR count). The Bertz CT molecular complexity index is 1350. The van der Waals surface area contributed by atoms with Crippen LogP contribution in [-0.2, 0) is 22.6 Å². The van der Waals surface area contributed by atoms with Gasteiger partial charge in [0.15, 0.2) is 0 Å². The summed E-state index contributed by atoms with van der Waals surface area (Å²) in [7, 11) is 0. The van der Waals surface area contributed by atoms with Gasteiger partial charge in [-0.1, -0.05) is 36.4 Å². The van der Waals surface area contributed by atoms with E-state index in [4.69, 9.17) is 0 Å². The Morgan fingerprint density at radius 1 is 0.967 bits per heavy atom. The van der Waals surface area contributed by atoms with Gasteiger partial charge in [0.05, 0.1) is 12.8 Å². The van der Waals surface area contributed by atoms with Crippen molar-refractivity contribution in [2.45, 2.75) is 19.0 Å². The van der Waals surface area contributed by atoms with Gasteiger partial charge in [-0.3, -0.25) is 9.59 Å². The molecule has 0 bridgehead atoms. The summed E-state index contributed by atoms with van der Waals surface area (Å²) < 4.78 is 0. The summed E-state index contributed by atoms with van der Waals surface area (Å²) in [4.78, 5) is 34.3. The fourth-order valence-electron chi connectivity index (χ4n) is 4.59. The van der Waals surface area contributed by atoms with E-state index in [1.807, 2.05) is 48.7 Å². The summed E-state index contributed by atoms with van der Waals surface area (Å²) in [5.74, 6) is -0.221. The zero-order chi connectivity index (χ0) is 20.2. The highest BCUT2D eigenvalue weighted by molar-refractivity contribution is 6.01. The molecule has 2 aromatic heterocycles. The predicted molar refractivity (Wildman–Crippen MR) is 114 cm³/mol. The number of amides is 2. The van der Waals surface area contributed by atoms with Crippen molar-refractivity contribution in [3.8, 4) is 0 Å². The van der Waals surface area contributed by atoms with Crippen LogP contribution in [0.3, 0.4) is 0 Å². The number of piperazine rings is 1. The number of aromatic nitrogens is 2. The molecule has 0 aliphatic carbocycles. The van der Waals surface area contributed by atoms with Crippen LogP contribution >= 0.6 is 0 Å². The van der Waals surface area contributed by atoms with Crippen LogP contribution in [0.15, 0.2) is 59.8 Å². The number of hydrogen-bond acceptors (Lipinski definition) is 3. The molecule has 1 fully saturated rings. The van der Waals surface area contributed by atoms with E-state index in [1.54, 1.807) is 11.1 Å². The zero-order valence-electron chi connectivity index (χ0n) is 16.1. The molecule has 1 saturated heterocycles. The first-order valence-corrected chi connectivity index (χ1v) is 9.98. The Kier molecular flexibility index (Phi) is 3.59. The van der Waals surface area contributed by atoms with Crippen LogP contribution in [0, 0.1) is 0 Å². The number of nitrogens with one attached hydrogen (secondary N) is 2. The topological polar surface area (TPSA) is 84.6 Å².